The lowest BCUT2D eigenvalue weighted by Crippen LogP contribution is -2.28. The molecule has 1 atom stereocenters. The second-order valence-corrected chi connectivity index (χ2v) is 3.85. The van der Waals surface area contributed by atoms with Crippen molar-refractivity contribution in [2.75, 3.05) is 6.54 Å². The first kappa shape index (κ1) is 10.3. The molecule has 0 bridgehead atoms. The minimum atomic E-state index is 0.0416. The normalized spacial score (nSPS) is 12.5. The van der Waals surface area contributed by atoms with Gasteiger partial charge in [0, 0.05) is 11.4 Å². The highest BCUT2D eigenvalue weighted by atomic mass is 32.1. The van der Waals surface area contributed by atoms with Crippen LogP contribution in [0.1, 0.15) is 31.1 Å². The summed E-state index contributed by atoms with van der Waals surface area (Å²) < 4.78 is 0. The lowest BCUT2D eigenvalue weighted by Gasteiger charge is -2.11. The van der Waals surface area contributed by atoms with Gasteiger partial charge in [0.1, 0.15) is 0 Å². The molecule has 0 aromatic carbocycles. The molecular weight excluding hydrogens is 182 g/mol. The number of rotatable bonds is 4. The fourth-order valence-corrected chi connectivity index (χ4v) is 2.21. The molecule has 2 nitrogen and oxygen atoms in total. The maximum Gasteiger partial charge on any atom is 0.228 e. The van der Waals surface area contributed by atoms with Gasteiger partial charge in [0.25, 0.3) is 0 Å². The number of thiophene rings is 1. The van der Waals surface area contributed by atoms with Crippen molar-refractivity contribution in [2.24, 2.45) is 0 Å². The Hall–Kier alpha value is -0.830. The summed E-state index contributed by atoms with van der Waals surface area (Å²) in [6.07, 6.45) is 0.867. The van der Waals surface area contributed by atoms with Crippen molar-refractivity contribution >= 4 is 17.2 Å². The van der Waals surface area contributed by atoms with Gasteiger partial charge in [0.15, 0.2) is 0 Å². The van der Waals surface area contributed by atoms with Gasteiger partial charge >= 0.3 is 0 Å². The van der Waals surface area contributed by atoms with E-state index in [0.717, 1.165) is 11.3 Å². The van der Waals surface area contributed by atoms with Gasteiger partial charge in [0.2, 0.25) is 5.91 Å². The van der Waals surface area contributed by atoms with Crippen molar-refractivity contribution in [2.45, 2.75) is 26.2 Å². The van der Waals surface area contributed by atoms with E-state index in [1.807, 2.05) is 31.4 Å². The van der Waals surface area contributed by atoms with E-state index < -0.39 is 0 Å². The standard InChI is InChI=1S/C10H15NOS/c1-3-8(10(12)11-4-2)9-6-5-7-13-9/h5-8H,3-4H2,1-2H3,(H,11,12). The number of hydrogen-bond acceptors (Lipinski definition) is 2. The van der Waals surface area contributed by atoms with Crippen LogP contribution in [0.15, 0.2) is 17.5 Å². The largest absolute Gasteiger partial charge is 0.356 e. The molecule has 13 heavy (non-hydrogen) atoms. The molecule has 1 N–H and O–H groups in total. The third kappa shape index (κ3) is 2.56. The number of amides is 1. The van der Waals surface area contributed by atoms with Crippen LogP contribution in [-0.2, 0) is 4.79 Å². The lowest BCUT2D eigenvalue weighted by atomic mass is 10.0. The van der Waals surface area contributed by atoms with Crippen molar-refractivity contribution in [3.05, 3.63) is 22.4 Å². The number of nitrogens with one attached hydrogen (secondary N) is 1. The van der Waals surface area contributed by atoms with Crippen LogP contribution in [0.5, 0.6) is 0 Å². The molecule has 1 heterocycles. The summed E-state index contributed by atoms with van der Waals surface area (Å²) in [7, 11) is 0. The Morgan fingerprint density at radius 1 is 1.62 bits per heavy atom. The number of carbonyl (C=O) groups is 1. The third-order valence-electron chi connectivity index (χ3n) is 1.96. The molecule has 72 valence electrons. The molecule has 0 fully saturated rings. The Labute approximate surface area is 83.0 Å². The van der Waals surface area contributed by atoms with E-state index in [9.17, 15) is 4.79 Å². The van der Waals surface area contributed by atoms with Crippen molar-refractivity contribution in [1.82, 2.24) is 5.32 Å². The van der Waals surface area contributed by atoms with Crippen molar-refractivity contribution < 1.29 is 4.79 Å². The van der Waals surface area contributed by atoms with Crippen molar-refractivity contribution in [3.63, 3.8) is 0 Å². The highest BCUT2D eigenvalue weighted by Crippen LogP contribution is 2.24. The van der Waals surface area contributed by atoms with Crippen LogP contribution >= 0.6 is 11.3 Å². The maximum absolute atomic E-state index is 11.6. The molecule has 0 saturated heterocycles. The zero-order valence-corrected chi connectivity index (χ0v) is 8.86. The Balaban J connectivity index is 2.68. The average molecular weight is 197 g/mol. The van der Waals surface area contributed by atoms with E-state index in [1.165, 1.54) is 0 Å². The summed E-state index contributed by atoms with van der Waals surface area (Å²) in [6, 6.07) is 4.01. The Morgan fingerprint density at radius 2 is 2.38 bits per heavy atom. The Bertz CT molecular complexity index is 256. The van der Waals surface area contributed by atoms with Crippen LogP contribution in [0.3, 0.4) is 0 Å². The quantitative estimate of drug-likeness (QED) is 0.789. The minimum absolute atomic E-state index is 0.0416. The van der Waals surface area contributed by atoms with Crippen LogP contribution in [0.25, 0.3) is 0 Å². The highest BCUT2D eigenvalue weighted by molar-refractivity contribution is 7.10. The van der Waals surface area contributed by atoms with E-state index in [2.05, 4.69) is 5.32 Å². The molecule has 0 spiro atoms. The fraction of sp³-hybridized carbons (Fsp3) is 0.500. The second kappa shape index (κ2) is 5.02. The van der Waals surface area contributed by atoms with Crippen LogP contribution in [0, 0.1) is 0 Å². The number of hydrogen-bond donors (Lipinski definition) is 1. The van der Waals surface area contributed by atoms with Crippen LogP contribution in [-0.4, -0.2) is 12.5 Å². The first-order valence-electron chi connectivity index (χ1n) is 4.60. The van der Waals surface area contributed by atoms with Gasteiger partial charge < -0.3 is 5.32 Å². The molecule has 1 unspecified atom stereocenters. The molecule has 0 aliphatic carbocycles. The molecule has 0 aliphatic rings. The van der Waals surface area contributed by atoms with Gasteiger partial charge in [-0.25, -0.2) is 0 Å². The van der Waals surface area contributed by atoms with E-state index in [1.54, 1.807) is 11.3 Å². The van der Waals surface area contributed by atoms with Crippen LogP contribution in [0.2, 0.25) is 0 Å². The van der Waals surface area contributed by atoms with E-state index in [4.69, 9.17) is 0 Å². The van der Waals surface area contributed by atoms with Gasteiger partial charge in [-0.3, -0.25) is 4.79 Å². The van der Waals surface area contributed by atoms with Crippen molar-refractivity contribution in [1.29, 1.82) is 0 Å². The molecule has 1 aromatic rings. The molecule has 1 aromatic heterocycles. The predicted molar refractivity (Wildman–Crippen MR) is 56.0 cm³/mol. The Kier molecular flexibility index (Phi) is 3.96. The molecule has 0 aliphatic heterocycles. The van der Waals surface area contributed by atoms with E-state index in [-0.39, 0.29) is 11.8 Å². The van der Waals surface area contributed by atoms with Crippen LogP contribution < -0.4 is 5.32 Å². The molecular formula is C10H15NOS. The molecule has 1 rings (SSSR count). The second-order valence-electron chi connectivity index (χ2n) is 2.87. The summed E-state index contributed by atoms with van der Waals surface area (Å²) in [5, 5.41) is 4.86. The molecule has 0 saturated carbocycles. The molecule has 3 heteroatoms. The summed E-state index contributed by atoms with van der Waals surface area (Å²) >= 11 is 1.65. The smallest absolute Gasteiger partial charge is 0.228 e. The number of carbonyl (C=O) groups excluding carboxylic acids is 1. The number of likely N-dealkylation sites (N-methyl/N-ethyl adjacent to an activating group) is 1. The SMILES string of the molecule is CCNC(=O)C(CC)c1cccs1. The highest BCUT2D eigenvalue weighted by Gasteiger charge is 2.18. The Morgan fingerprint density at radius 3 is 2.85 bits per heavy atom. The monoisotopic (exact) mass is 197 g/mol. The average Bonchev–Trinajstić information content (AvgIpc) is 2.59. The van der Waals surface area contributed by atoms with E-state index >= 15 is 0 Å². The molecule has 1 amide bonds. The lowest BCUT2D eigenvalue weighted by molar-refractivity contribution is -0.122. The predicted octanol–water partition coefficient (Wildman–Crippen LogP) is 2.38. The van der Waals surface area contributed by atoms with Crippen LogP contribution in [0.4, 0.5) is 0 Å². The van der Waals surface area contributed by atoms with Gasteiger partial charge in [0.05, 0.1) is 5.92 Å². The molecule has 0 radical (unpaired) electrons. The summed E-state index contributed by atoms with van der Waals surface area (Å²) in [4.78, 5) is 12.7. The van der Waals surface area contributed by atoms with Gasteiger partial charge in [-0.05, 0) is 24.8 Å². The zero-order valence-electron chi connectivity index (χ0n) is 8.04. The minimum Gasteiger partial charge on any atom is -0.356 e. The fourth-order valence-electron chi connectivity index (χ4n) is 1.30. The zero-order chi connectivity index (χ0) is 9.68. The van der Waals surface area contributed by atoms with Gasteiger partial charge in [-0.2, -0.15) is 0 Å². The maximum atomic E-state index is 11.6. The topological polar surface area (TPSA) is 29.1 Å². The summed E-state index contributed by atoms with van der Waals surface area (Å²) in [6.45, 7) is 4.69. The first-order chi connectivity index (χ1) is 6.29. The van der Waals surface area contributed by atoms with Crippen molar-refractivity contribution in [3.8, 4) is 0 Å². The van der Waals surface area contributed by atoms with Gasteiger partial charge in [-0.15, -0.1) is 11.3 Å². The third-order valence-corrected chi connectivity index (χ3v) is 2.95. The summed E-state index contributed by atoms with van der Waals surface area (Å²) in [5.74, 6) is 0.187. The first-order valence-corrected chi connectivity index (χ1v) is 5.48. The summed E-state index contributed by atoms with van der Waals surface area (Å²) in [5.41, 5.74) is 0. The van der Waals surface area contributed by atoms with E-state index in [0.29, 0.717) is 6.54 Å². The van der Waals surface area contributed by atoms with Gasteiger partial charge in [-0.1, -0.05) is 13.0 Å².